The van der Waals surface area contributed by atoms with Crippen molar-refractivity contribution in [1.29, 1.82) is 0 Å². The first-order valence-corrected chi connectivity index (χ1v) is 8.14. The quantitative estimate of drug-likeness (QED) is 0.550. The minimum Gasteiger partial charge on any atom is -0.314 e. The van der Waals surface area contributed by atoms with Gasteiger partial charge in [-0.3, -0.25) is 0 Å². The predicted molar refractivity (Wildman–Crippen MR) is 86.8 cm³/mol. The molecule has 0 spiro atoms. The first kappa shape index (κ1) is 18.9. The first-order chi connectivity index (χ1) is 8.99. The molecule has 0 amide bonds. The first-order valence-electron chi connectivity index (χ1n) is 8.14. The second-order valence-electron chi connectivity index (χ2n) is 6.32. The third-order valence-electron chi connectivity index (χ3n) is 3.35. The number of hydrogen-bond donors (Lipinski definition) is 1. The Kier molecular flexibility index (Phi) is 11.6. The minimum absolute atomic E-state index is 0.759. The van der Waals surface area contributed by atoms with Gasteiger partial charge in [-0.05, 0) is 24.9 Å². The maximum Gasteiger partial charge on any atom is 0.0107 e. The molecule has 3 heteroatoms. The summed E-state index contributed by atoms with van der Waals surface area (Å²) in [6.45, 7) is 23.0. The largest absolute Gasteiger partial charge is 0.314 e. The van der Waals surface area contributed by atoms with Crippen LogP contribution in [0.1, 0.15) is 41.5 Å². The normalized spacial score (nSPS) is 12.3. The molecule has 19 heavy (non-hydrogen) atoms. The summed E-state index contributed by atoms with van der Waals surface area (Å²) < 4.78 is 0. The highest BCUT2D eigenvalue weighted by Gasteiger charge is 2.08. The van der Waals surface area contributed by atoms with E-state index < -0.39 is 0 Å². The zero-order chi connectivity index (χ0) is 14.7. The molecule has 0 unspecified atom stereocenters. The summed E-state index contributed by atoms with van der Waals surface area (Å²) in [4.78, 5) is 5.06. The number of likely N-dealkylation sites (N-methyl/N-ethyl adjacent to an activating group) is 1. The van der Waals surface area contributed by atoms with Gasteiger partial charge in [0.1, 0.15) is 0 Å². The number of hydrogen-bond acceptors (Lipinski definition) is 3. The van der Waals surface area contributed by atoms with Crippen LogP contribution in [0.5, 0.6) is 0 Å². The molecule has 0 atom stereocenters. The monoisotopic (exact) mass is 271 g/mol. The summed E-state index contributed by atoms with van der Waals surface area (Å²) in [5, 5.41) is 3.58. The predicted octanol–water partition coefficient (Wildman–Crippen LogP) is 2.53. The van der Waals surface area contributed by atoms with Crippen LogP contribution in [0.2, 0.25) is 0 Å². The average molecular weight is 271 g/mol. The fourth-order valence-corrected chi connectivity index (χ4v) is 2.43. The molecule has 0 aromatic heterocycles. The molecular formula is C16H37N3. The van der Waals surface area contributed by atoms with Gasteiger partial charge in [-0.25, -0.2) is 0 Å². The highest BCUT2D eigenvalue weighted by atomic mass is 15.2. The maximum atomic E-state index is 3.58. The lowest BCUT2D eigenvalue weighted by atomic mass is 10.1. The van der Waals surface area contributed by atoms with Crippen LogP contribution >= 0.6 is 0 Å². The van der Waals surface area contributed by atoms with Crippen LogP contribution in [0, 0.1) is 11.8 Å². The molecule has 0 heterocycles. The third-order valence-corrected chi connectivity index (χ3v) is 3.35. The van der Waals surface area contributed by atoms with E-state index in [0.29, 0.717) is 0 Å². The number of rotatable bonds is 12. The van der Waals surface area contributed by atoms with E-state index in [1.165, 1.54) is 26.2 Å². The summed E-state index contributed by atoms with van der Waals surface area (Å²) >= 11 is 0. The smallest absolute Gasteiger partial charge is 0.0107 e. The van der Waals surface area contributed by atoms with Gasteiger partial charge >= 0.3 is 0 Å². The summed E-state index contributed by atoms with van der Waals surface area (Å²) in [5.41, 5.74) is 0. The van der Waals surface area contributed by atoms with Crippen molar-refractivity contribution in [3.8, 4) is 0 Å². The highest BCUT2D eigenvalue weighted by molar-refractivity contribution is 4.64. The van der Waals surface area contributed by atoms with Crippen molar-refractivity contribution >= 4 is 0 Å². The Morgan fingerprint density at radius 1 is 0.737 bits per heavy atom. The van der Waals surface area contributed by atoms with E-state index in [0.717, 1.165) is 38.0 Å². The van der Waals surface area contributed by atoms with Gasteiger partial charge in [0.15, 0.2) is 0 Å². The van der Waals surface area contributed by atoms with Crippen molar-refractivity contribution in [2.75, 3.05) is 52.4 Å². The van der Waals surface area contributed by atoms with Gasteiger partial charge in [-0.2, -0.15) is 0 Å². The van der Waals surface area contributed by atoms with Crippen LogP contribution in [-0.4, -0.2) is 62.2 Å². The fourth-order valence-electron chi connectivity index (χ4n) is 2.43. The topological polar surface area (TPSA) is 18.5 Å². The Hall–Kier alpha value is -0.120. The average Bonchev–Trinajstić information content (AvgIpc) is 2.32. The molecule has 0 aromatic rings. The second-order valence-corrected chi connectivity index (χ2v) is 6.32. The zero-order valence-electron chi connectivity index (χ0n) is 14.2. The molecule has 0 aliphatic carbocycles. The molecule has 0 saturated carbocycles. The lowest BCUT2D eigenvalue weighted by Gasteiger charge is -2.26. The Morgan fingerprint density at radius 2 is 1.16 bits per heavy atom. The van der Waals surface area contributed by atoms with Gasteiger partial charge in [0.05, 0.1) is 0 Å². The van der Waals surface area contributed by atoms with Crippen molar-refractivity contribution in [3.05, 3.63) is 0 Å². The minimum atomic E-state index is 0.759. The molecule has 0 fully saturated rings. The van der Waals surface area contributed by atoms with E-state index in [1.54, 1.807) is 0 Å². The van der Waals surface area contributed by atoms with E-state index in [2.05, 4.69) is 56.7 Å². The van der Waals surface area contributed by atoms with E-state index in [9.17, 15) is 0 Å². The Bertz CT molecular complexity index is 178. The molecule has 0 aliphatic rings. The molecular weight excluding hydrogens is 234 g/mol. The lowest BCUT2D eigenvalue weighted by molar-refractivity contribution is 0.217. The SMILES string of the molecule is CCN(CC)CCNCCN(CC(C)C)CC(C)C. The maximum absolute atomic E-state index is 3.58. The van der Waals surface area contributed by atoms with Crippen LogP contribution in [0.4, 0.5) is 0 Å². The molecule has 0 radical (unpaired) electrons. The van der Waals surface area contributed by atoms with E-state index >= 15 is 0 Å². The molecule has 0 aliphatic heterocycles. The zero-order valence-corrected chi connectivity index (χ0v) is 14.2. The van der Waals surface area contributed by atoms with Gasteiger partial charge < -0.3 is 15.1 Å². The van der Waals surface area contributed by atoms with Crippen LogP contribution < -0.4 is 5.32 Å². The van der Waals surface area contributed by atoms with E-state index in [4.69, 9.17) is 0 Å². The standard InChI is InChI=1S/C16H37N3/c1-7-18(8-2)11-9-17-10-12-19(13-15(3)4)14-16(5)6/h15-17H,7-14H2,1-6H3. The Labute approximate surface area is 121 Å². The Morgan fingerprint density at radius 3 is 1.53 bits per heavy atom. The van der Waals surface area contributed by atoms with Gasteiger partial charge in [0, 0.05) is 39.3 Å². The number of nitrogens with zero attached hydrogens (tertiary/aromatic N) is 2. The summed E-state index contributed by atoms with van der Waals surface area (Å²) in [6, 6.07) is 0. The molecule has 3 nitrogen and oxygen atoms in total. The number of nitrogens with one attached hydrogen (secondary N) is 1. The van der Waals surface area contributed by atoms with E-state index in [1.807, 2.05) is 0 Å². The van der Waals surface area contributed by atoms with Crippen LogP contribution in [0.25, 0.3) is 0 Å². The van der Waals surface area contributed by atoms with Gasteiger partial charge in [-0.1, -0.05) is 41.5 Å². The summed E-state index contributed by atoms with van der Waals surface area (Å²) in [5.74, 6) is 1.52. The third kappa shape index (κ3) is 11.4. The van der Waals surface area contributed by atoms with Crippen LogP contribution in [0.15, 0.2) is 0 Å². The molecule has 1 N–H and O–H groups in total. The lowest BCUT2D eigenvalue weighted by Crippen LogP contribution is -2.39. The summed E-state index contributed by atoms with van der Waals surface area (Å²) in [7, 11) is 0. The Balaban J connectivity index is 3.73. The molecule has 0 rings (SSSR count). The fraction of sp³-hybridized carbons (Fsp3) is 1.00. The van der Waals surface area contributed by atoms with Crippen LogP contribution in [0.3, 0.4) is 0 Å². The van der Waals surface area contributed by atoms with Gasteiger partial charge in [0.2, 0.25) is 0 Å². The van der Waals surface area contributed by atoms with Gasteiger partial charge in [0.25, 0.3) is 0 Å². The second kappa shape index (κ2) is 11.7. The highest BCUT2D eigenvalue weighted by Crippen LogP contribution is 2.02. The van der Waals surface area contributed by atoms with Crippen molar-refractivity contribution < 1.29 is 0 Å². The van der Waals surface area contributed by atoms with Crippen molar-refractivity contribution in [2.45, 2.75) is 41.5 Å². The molecule has 0 saturated heterocycles. The van der Waals surface area contributed by atoms with Crippen molar-refractivity contribution in [1.82, 2.24) is 15.1 Å². The van der Waals surface area contributed by atoms with Crippen molar-refractivity contribution in [3.63, 3.8) is 0 Å². The van der Waals surface area contributed by atoms with E-state index in [-0.39, 0.29) is 0 Å². The molecule has 0 aromatic carbocycles. The van der Waals surface area contributed by atoms with Crippen LogP contribution in [-0.2, 0) is 0 Å². The van der Waals surface area contributed by atoms with Crippen molar-refractivity contribution in [2.24, 2.45) is 11.8 Å². The summed E-state index contributed by atoms with van der Waals surface area (Å²) in [6.07, 6.45) is 0. The molecule has 0 bridgehead atoms. The van der Waals surface area contributed by atoms with Gasteiger partial charge in [-0.15, -0.1) is 0 Å². The molecule has 116 valence electrons.